The van der Waals surface area contributed by atoms with Crippen molar-refractivity contribution in [2.45, 2.75) is 12.5 Å². The molecule has 2 rings (SSSR count). The van der Waals surface area contributed by atoms with Crippen LogP contribution in [0.4, 0.5) is 14.5 Å². The Labute approximate surface area is 115 Å². The Morgan fingerprint density at radius 2 is 2.05 bits per heavy atom. The van der Waals surface area contributed by atoms with Crippen molar-refractivity contribution in [2.24, 2.45) is 0 Å². The molecule has 1 aromatic rings. The number of halogens is 2. The molecule has 0 spiro atoms. The molecule has 0 aromatic heterocycles. The lowest BCUT2D eigenvalue weighted by molar-refractivity contribution is -0.115. The molecule has 1 amide bonds. The SMILES string of the molecule is O=C(CNC1CCS(=O)(=O)C1)Nc1ccc(F)c(F)c1. The number of nitrogens with one attached hydrogen (secondary N) is 2. The Balaban J connectivity index is 1.82. The molecular formula is C12H14F2N2O3S. The van der Waals surface area contributed by atoms with Gasteiger partial charge in [0, 0.05) is 17.8 Å². The van der Waals surface area contributed by atoms with Gasteiger partial charge >= 0.3 is 0 Å². The number of amides is 1. The second-order valence-corrected chi connectivity index (χ2v) is 6.89. The van der Waals surface area contributed by atoms with Crippen LogP contribution < -0.4 is 10.6 Å². The number of hydrogen-bond acceptors (Lipinski definition) is 4. The lowest BCUT2D eigenvalue weighted by Gasteiger charge is -2.11. The Morgan fingerprint density at radius 1 is 1.30 bits per heavy atom. The van der Waals surface area contributed by atoms with Crippen LogP contribution in [0.2, 0.25) is 0 Å². The monoisotopic (exact) mass is 304 g/mol. The van der Waals surface area contributed by atoms with Gasteiger partial charge in [-0.1, -0.05) is 0 Å². The van der Waals surface area contributed by atoms with Gasteiger partial charge in [0.25, 0.3) is 0 Å². The van der Waals surface area contributed by atoms with Crippen LogP contribution >= 0.6 is 0 Å². The van der Waals surface area contributed by atoms with Crippen LogP contribution in [0.3, 0.4) is 0 Å². The van der Waals surface area contributed by atoms with E-state index in [0.29, 0.717) is 6.42 Å². The zero-order valence-electron chi connectivity index (χ0n) is 10.5. The molecule has 8 heteroatoms. The molecule has 1 saturated heterocycles. The fourth-order valence-corrected chi connectivity index (χ4v) is 3.68. The number of carbonyl (C=O) groups excluding carboxylic acids is 1. The number of hydrogen-bond donors (Lipinski definition) is 2. The first-order chi connectivity index (χ1) is 9.35. The third-order valence-corrected chi connectivity index (χ3v) is 4.76. The lowest BCUT2D eigenvalue weighted by atomic mass is 10.2. The first-order valence-corrected chi connectivity index (χ1v) is 7.86. The Morgan fingerprint density at radius 3 is 2.65 bits per heavy atom. The largest absolute Gasteiger partial charge is 0.325 e. The standard InChI is InChI=1S/C12H14F2N2O3S/c13-10-2-1-8(5-11(10)14)16-12(17)6-15-9-3-4-20(18,19)7-9/h1-2,5,9,15H,3-4,6-7H2,(H,16,17). The van der Waals surface area contributed by atoms with Gasteiger partial charge < -0.3 is 10.6 Å². The van der Waals surface area contributed by atoms with Crippen LogP contribution in [0, 0.1) is 11.6 Å². The van der Waals surface area contributed by atoms with Gasteiger partial charge in [0.05, 0.1) is 18.1 Å². The highest BCUT2D eigenvalue weighted by Gasteiger charge is 2.27. The average Bonchev–Trinajstić information content (AvgIpc) is 2.71. The molecule has 1 aliphatic heterocycles. The lowest BCUT2D eigenvalue weighted by Crippen LogP contribution is -2.36. The zero-order chi connectivity index (χ0) is 14.8. The number of rotatable bonds is 4. The van der Waals surface area contributed by atoms with Gasteiger partial charge in [0.2, 0.25) is 5.91 Å². The smallest absolute Gasteiger partial charge is 0.238 e. The maximum absolute atomic E-state index is 12.9. The van der Waals surface area contributed by atoms with Gasteiger partial charge in [-0.05, 0) is 18.6 Å². The number of sulfone groups is 1. The molecule has 0 aliphatic carbocycles. The summed E-state index contributed by atoms with van der Waals surface area (Å²) >= 11 is 0. The fraction of sp³-hybridized carbons (Fsp3) is 0.417. The second kappa shape index (κ2) is 5.84. The summed E-state index contributed by atoms with van der Waals surface area (Å²) in [4.78, 5) is 11.6. The van der Waals surface area contributed by atoms with Crippen molar-refractivity contribution in [3.05, 3.63) is 29.8 Å². The van der Waals surface area contributed by atoms with E-state index >= 15 is 0 Å². The number of anilines is 1. The van der Waals surface area contributed by atoms with Crippen LogP contribution in [0.15, 0.2) is 18.2 Å². The predicted octanol–water partition coefficient (Wildman–Crippen LogP) is 0.680. The fourth-order valence-electron chi connectivity index (χ4n) is 1.97. The summed E-state index contributed by atoms with van der Waals surface area (Å²) in [6.45, 7) is -0.0841. The Bertz CT molecular complexity index is 619. The minimum Gasteiger partial charge on any atom is -0.325 e. The van der Waals surface area contributed by atoms with Crippen LogP contribution in [-0.2, 0) is 14.6 Å². The van der Waals surface area contributed by atoms with Gasteiger partial charge in [-0.15, -0.1) is 0 Å². The highest BCUT2D eigenvalue weighted by Crippen LogP contribution is 2.13. The van der Waals surface area contributed by atoms with Crippen LogP contribution in [0.25, 0.3) is 0 Å². The van der Waals surface area contributed by atoms with Crippen molar-refractivity contribution in [3.63, 3.8) is 0 Å². The third-order valence-electron chi connectivity index (χ3n) is 2.99. The first kappa shape index (κ1) is 14.9. The van der Waals surface area contributed by atoms with E-state index in [2.05, 4.69) is 10.6 Å². The molecule has 1 aromatic carbocycles. The minimum atomic E-state index is -3.00. The number of benzene rings is 1. The summed E-state index contributed by atoms with van der Waals surface area (Å²) in [5, 5.41) is 5.22. The van der Waals surface area contributed by atoms with Crippen LogP contribution in [0.1, 0.15) is 6.42 Å². The summed E-state index contributed by atoms with van der Waals surface area (Å²) in [6, 6.07) is 2.81. The normalized spacial score (nSPS) is 20.8. The maximum atomic E-state index is 12.9. The van der Waals surface area contributed by atoms with E-state index in [1.807, 2.05) is 0 Å². The minimum absolute atomic E-state index is 0.0193. The third kappa shape index (κ3) is 3.97. The molecule has 1 unspecified atom stereocenters. The maximum Gasteiger partial charge on any atom is 0.238 e. The van der Waals surface area contributed by atoms with Gasteiger partial charge in [-0.3, -0.25) is 4.79 Å². The van der Waals surface area contributed by atoms with E-state index in [9.17, 15) is 22.0 Å². The molecule has 0 bridgehead atoms. The average molecular weight is 304 g/mol. The summed E-state index contributed by atoms with van der Waals surface area (Å²) in [5.74, 6) is -2.34. The zero-order valence-corrected chi connectivity index (χ0v) is 11.3. The Kier molecular flexibility index (Phi) is 4.34. The van der Waals surface area contributed by atoms with E-state index in [1.54, 1.807) is 0 Å². The van der Waals surface area contributed by atoms with E-state index in [-0.39, 0.29) is 29.8 Å². The highest BCUT2D eigenvalue weighted by atomic mass is 32.2. The Hall–Kier alpha value is -1.54. The van der Waals surface area contributed by atoms with Gasteiger partial charge in [0.15, 0.2) is 21.5 Å². The molecule has 20 heavy (non-hydrogen) atoms. The molecule has 0 saturated carbocycles. The van der Waals surface area contributed by atoms with E-state index in [1.165, 1.54) is 6.07 Å². The molecule has 1 heterocycles. The first-order valence-electron chi connectivity index (χ1n) is 6.04. The van der Waals surface area contributed by atoms with Crippen molar-refractivity contribution in [2.75, 3.05) is 23.4 Å². The van der Waals surface area contributed by atoms with E-state index in [0.717, 1.165) is 12.1 Å². The van der Waals surface area contributed by atoms with Crippen LogP contribution in [-0.4, -0.2) is 38.4 Å². The molecule has 5 nitrogen and oxygen atoms in total. The molecule has 1 atom stereocenters. The summed E-state index contributed by atoms with van der Waals surface area (Å²) < 4.78 is 48.1. The molecule has 0 radical (unpaired) electrons. The number of carbonyl (C=O) groups is 1. The van der Waals surface area contributed by atoms with Gasteiger partial charge in [-0.25, -0.2) is 17.2 Å². The van der Waals surface area contributed by atoms with Gasteiger partial charge in [0.1, 0.15) is 0 Å². The molecule has 1 fully saturated rings. The molecule has 110 valence electrons. The highest BCUT2D eigenvalue weighted by molar-refractivity contribution is 7.91. The summed E-state index contributed by atoms with van der Waals surface area (Å²) in [5.41, 5.74) is 0.148. The summed E-state index contributed by atoms with van der Waals surface area (Å²) in [6.07, 6.45) is 0.473. The van der Waals surface area contributed by atoms with Crippen molar-refractivity contribution in [3.8, 4) is 0 Å². The van der Waals surface area contributed by atoms with E-state index < -0.39 is 27.4 Å². The topological polar surface area (TPSA) is 75.3 Å². The van der Waals surface area contributed by atoms with Crippen molar-refractivity contribution < 1.29 is 22.0 Å². The quantitative estimate of drug-likeness (QED) is 0.858. The predicted molar refractivity (Wildman–Crippen MR) is 70.0 cm³/mol. The van der Waals surface area contributed by atoms with Crippen molar-refractivity contribution >= 4 is 21.4 Å². The van der Waals surface area contributed by atoms with E-state index in [4.69, 9.17) is 0 Å². The van der Waals surface area contributed by atoms with Crippen LogP contribution in [0.5, 0.6) is 0 Å². The molecule has 1 aliphatic rings. The molecular weight excluding hydrogens is 290 g/mol. The van der Waals surface area contributed by atoms with Crippen molar-refractivity contribution in [1.29, 1.82) is 0 Å². The van der Waals surface area contributed by atoms with Crippen molar-refractivity contribution in [1.82, 2.24) is 5.32 Å². The second-order valence-electron chi connectivity index (χ2n) is 4.66. The summed E-state index contributed by atoms with van der Waals surface area (Å²) in [7, 11) is -3.00. The van der Waals surface area contributed by atoms with Gasteiger partial charge in [-0.2, -0.15) is 0 Å². The molecule has 2 N–H and O–H groups in total.